The highest BCUT2D eigenvalue weighted by Crippen LogP contribution is 2.29. The minimum absolute atomic E-state index is 0.326. The van der Waals surface area contributed by atoms with Crippen molar-refractivity contribution in [3.63, 3.8) is 0 Å². The largest absolute Gasteiger partial charge is 0.478 e. The Balaban J connectivity index is 2.20. The van der Waals surface area contributed by atoms with Crippen molar-refractivity contribution in [2.45, 2.75) is 6.42 Å². The second-order valence-electron chi connectivity index (χ2n) is 4.60. The first-order chi connectivity index (χ1) is 9.25. The lowest BCUT2D eigenvalue weighted by atomic mass is 9.94. The summed E-state index contributed by atoms with van der Waals surface area (Å²) in [4.78, 5) is 11.1. The first-order valence-electron chi connectivity index (χ1n) is 6.29. The van der Waals surface area contributed by atoms with Gasteiger partial charge in [-0.25, -0.2) is 4.79 Å². The van der Waals surface area contributed by atoms with Gasteiger partial charge in [0, 0.05) is 0 Å². The van der Waals surface area contributed by atoms with Crippen molar-refractivity contribution in [1.29, 1.82) is 0 Å². The third-order valence-electron chi connectivity index (χ3n) is 3.44. The van der Waals surface area contributed by atoms with Gasteiger partial charge in [-0.3, -0.25) is 0 Å². The second-order valence-corrected chi connectivity index (χ2v) is 4.60. The molecule has 0 saturated carbocycles. The molecule has 0 bridgehead atoms. The summed E-state index contributed by atoms with van der Waals surface area (Å²) in [6, 6.07) is 11.3. The Kier molecular flexibility index (Phi) is 3.05. The number of carbonyl (C=O) groups is 1. The van der Waals surface area contributed by atoms with Crippen molar-refractivity contribution in [2.24, 2.45) is 0 Å². The molecule has 0 aliphatic carbocycles. The minimum Gasteiger partial charge on any atom is -0.478 e. The zero-order valence-corrected chi connectivity index (χ0v) is 10.4. The van der Waals surface area contributed by atoms with Gasteiger partial charge in [-0.2, -0.15) is 0 Å². The molecule has 0 fully saturated rings. The standard InChI is InChI=1S/C16H14O3/c17-16(18)13-5-4-11-2-1-3-14(15(11)10-13)12-6-8-19-9-7-12/h1-6,10H,7-9H2,(H,17,18). The molecule has 0 spiro atoms. The highest BCUT2D eigenvalue weighted by molar-refractivity contribution is 5.99. The maximum atomic E-state index is 11.1. The summed E-state index contributed by atoms with van der Waals surface area (Å²) in [5, 5.41) is 11.2. The van der Waals surface area contributed by atoms with Gasteiger partial charge >= 0.3 is 5.97 Å². The molecule has 1 aliphatic rings. The van der Waals surface area contributed by atoms with Crippen LogP contribution in [0.3, 0.4) is 0 Å². The van der Waals surface area contributed by atoms with Crippen LogP contribution < -0.4 is 0 Å². The number of hydrogen-bond donors (Lipinski definition) is 1. The molecule has 0 unspecified atom stereocenters. The Labute approximate surface area is 111 Å². The molecule has 0 saturated heterocycles. The van der Waals surface area contributed by atoms with Gasteiger partial charge in [0.15, 0.2) is 0 Å². The summed E-state index contributed by atoms with van der Waals surface area (Å²) in [5.74, 6) is -0.891. The predicted octanol–water partition coefficient (Wildman–Crippen LogP) is 3.34. The van der Waals surface area contributed by atoms with E-state index in [9.17, 15) is 4.79 Å². The van der Waals surface area contributed by atoms with E-state index in [-0.39, 0.29) is 0 Å². The van der Waals surface area contributed by atoms with Crippen LogP contribution in [0.1, 0.15) is 22.3 Å². The second kappa shape index (κ2) is 4.86. The van der Waals surface area contributed by atoms with E-state index in [0.717, 1.165) is 29.4 Å². The zero-order valence-electron chi connectivity index (χ0n) is 10.4. The molecule has 19 heavy (non-hydrogen) atoms. The fourth-order valence-corrected chi connectivity index (χ4v) is 2.46. The number of benzene rings is 2. The zero-order chi connectivity index (χ0) is 13.2. The van der Waals surface area contributed by atoms with E-state index in [1.165, 1.54) is 5.57 Å². The molecule has 3 nitrogen and oxygen atoms in total. The Bertz CT molecular complexity index is 671. The van der Waals surface area contributed by atoms with Crippen molar-refractivity contribution >= 4 is 22.3 Å². The smallest absolute Gasteiger partial charge is 0.335 e. The van der Waals surface area contributed by atoms with Crippen LogP contribution in [0.25, 0.3) is 16.3 Å². The number of carboxylic acids is 1. The van der Waals surface area contributed by atoms with E-state index in [1.807, 2.05) is 24.3 Å². The molecular weight excluding hydrogens is 240 g/mol. The van der Waals surface area contributed by atoms with Gasteiger partial charge in [0.1, 0.15) is 0 Å². The van der Waals surface area contributed by atoms with E-state index in [0.29, 0.717) is 12.2 Å². The maximum absolute atomic E-state index is 11.1. The molecule has 0 aromatic heterocycles. The van der Waals surface area contributed by atoms with Gasteiger partial charge in [0.25, 0.3) is 0 Å². The molecule has 1 heterocycles. The van der Waals surface area contributed by atoms with Crippen LogP contribution in [0.2, 0.25) is 0 Å². The van der Waals surface area contributed by atoms with Crippen LogP contribution in [0.5, 0.6) is 0 Å². The van der Waals surface area contributed by atoms with E-state index in [1.54, 1.807) is 12.1 Å². The minimum atomic E-state index is -0.891. The lowest BCUT2D eigenvalue weighted by Gasteiger charge is -2.16. The summed E-state index contributed by atoms with van der Waals surface area (Å²) in [5.41, 5.74) is 2.68. The molecule has 96 valence electrons. The van der Waals surface area contributed by atoms with E-state index >= 15 is 0 Å². The van der Waals surface area contributed by atoms with Crippen LogP contribution in [0.15, 0.2) is 42.5 Å². The van der Waals surface area contributed by atoms with Crippen molar-refractivity contribution in [1.82, 2.24) is 0 Å². The number of hydrogen-bond acceptors (Lipinski definition) is 2. The number of ether oxygens (including phenoxy) is 1. The normalized spacial score (nSPS) is 15.3. The van der Waals surface area contributed by atoms with Gasteiger partial charge in [-0.15, -0.1) is 0 Å². The summed E-state index contributed by atoms with van der Waals surface area (Å²) >= 11 is 0. The molecule has 0 atom stereocenters. The Morgan fingerprint density at radius 1 is 1.21 bits per heavy atom. The van der Waals surface area contributed by atoms with Crippen LogP contribution in [-0.4, -0.2) is 24.3 Å². The summed E-state index contributed by atoms with van der Waals surface area (Å²) < 4.78 is 5.32. The number of aromatic carboxylic acids is 1. The van der Waals surface area contributed by atoms with Gasteiger partial charge in [0.05, 0.1) is 18.8 Å². The van der Waals surface area contributed by atoms with E-state index in [2.05, 4.69) is 6.08 Å². The fourth-order valence-electron chi connectivity index (χ4n) is 2.46. The number of fused-ring (bicyclic) bond motifs is 1. The first-order valence-corrected chi connectivity index (χ1v) is 6.29. The van der Waals surface area contributed by atoms with Gasteiger partial charge in [0.2, 0.25) is 0 Å². The Morgan fingerprint density at radius 2 is 2.11 bits per heavy atom. The van der Waals surface area contributed by atoms with E-state index < -0.39 is 5.97 Å². The summed E-state index contributed by atoms with van der Waals surface area (Å²) in [6.45, 7) is 1.35. The first kappa shape index (κ1) is 11.9. The third-order valence-corrected chi connectivity index (χ3v) is 3.44. The maximum Gasteiger partial charge on any atom is 0.335 e. The summed E-state index contributed by atoms with van der Waals surface area (Å²) in [6.07, 6.45) is 2.95. The van der Waals surface area contributed by atoms with Gasteiger partial charge in [-0.05, 0) is 40.5 Å². The van der Waals surface area contributed by atoms with Crippen LogP contribution in [-0.2, 0) is 4.74 Å². The lowest BCUT2D eigenvalue weighted by molar-refractivity contribution is 0.0697. The number of carboxylic acid groups (broad SMARTS) is 1. The molecule has 2 aromatic carbocycles. The highest BCUT2D eigenvalue weighted by atomic mass is 16.5. The molecule has 2 aromatic rings. The lowest BCUT2D eigenvalue weighted by Crippen LogP contribution is -2.04. The van der Waals surface area contributed by atoms with Crippen LogP contribution in [0, 0.1) is 0 Å². The van der Waals surface area contributed by atoms with Crippen molar-refractivity contribution in [3.05, 3.63) is 53.6 Å². The number of rotatable bonds is 2. The SMILES string of the molecule is O=C(O)c1ccc2cccc(C3=CCOCC3)c2c1. The average Bonchev–Trinajstić information content (AvgIpc) is 2.47. The molecule has 3 heteroatoms. The van der Waals surface area contributed by atoms with E-state index in [4.69, 9.17) is 9.84 Å². The predicted molar refractivity (Wildman–Crippen MR) is 74.3 cm³/mol. The molecule has 1 N–H and O–H groups in total. The molecule has 3 rings (SSSR count). The van der Waals surface area contributed by atoms with Crippen molar-refractivity contribution in [3.8, 4) is 0 Å². The Morgan fingerprint density at radius 3 is 2.84 bits per heavy atom. The van der Waals surface area contributed by atoms with Crippen molar-refractivity contribution < 1.29 is 14.6 Å². The van der Waals surface area contributed by atoms with Gasteiger partial charge < -0.3 is 9.84 Å². The monoisotopic (exact) mass is 254 g/mol. The third kappa shape index (κ3) is 2.25. The van der Waals surface area contributed by atoms with Crippen LogP contribution in [0.4, 0.5) is 0 Å². The topological polar surface area (TPSA) is 46.5 Å². The quantitative estimate of drug-likeness (QED) is 0.894. The average molecular weight is 254 g/mol. The fraction of sp³-hybridized carbons (Fsp3) is 0.188. The van der Waals surface area contributed by atoms with Crippen molar-refractivity contribution in [2.75, 3.05) is 13.2 Å². The molecule has 0 radical (unpaired) electrons. The Hall–Kier alpha value is -2.13. The highest BCUT2D eigenvalue weighted by Gasteiger charge is 2.11. The molecule has 1 aliphatic heterocycles. The molecule has 0 amide bonds. The molecular formula is C16H14O3. The van der Waals surface area contributed by atoms with Crippen LogP contribution >= 0.6 is 0 Å². The van der Waals surface area contributed by atoms with Gasteiger partial charge in [-0.1, -0.05) is 30.3 Å². The summed E-state index contributed by atoms with van der Waals surface area (Å²) in [7, 11) is 0.